The Hall–Kier alpha value is -3.03. The smallest absolute Gasteiger partial charge is 0.257 e. The summed E-state index contributed by atoms with van der Waals surface area (Å²) in [5, 5.41) is 8.51. The largest absolute Gasteiger partial charge is 0.332 e. The van der Waals surface area contributed by atoms with E-state index in [1.807, 2.05) is 36.4 Å². The number of hydrogen-bond donors (Lipinski definition) is 3. The minimum Gasteiger partial charge on any atom is -0.332 e. The Kier molecular flexibility index (Phi) is 6.52. The number of hydrogen-bond acceptors (Lipinski definition) is 3. The summed E-state index contributed by atoms with van der Waals surface area (Å²) in [7, 11) is 0. The summed E-state index contributed by atoms with van der Waals surface area (Å²) in [6.45, 7) is 0. The number of nitrogens with one attached hydrogen (secondary N) is 3. The Morgan fingerprint density at radius 2 is 1.36 bits per heavy atom. The highest BCUT2D eigenvalue weighted by Crippen LogP contribution is 2.14. The number of amides is 2. The van der Waals surface area contributed by atoms with Crippen LogP contribution < -0.4 is 16.0 Å². The SMILES string of the molecule is O=C(NC(=S)Nc1cccc(C(=O)Nc2ccccc2)c1)c1cccc(Br)c1. The van der Waals surface area contributed by atoms with E-state index in [4.69, 9.17) is 12.2 Å². The Bertz CT molecular complexity index is 1020. The van der Waals surface area contributed by atoms with Crippen molar-refractivity contribution in [1.82, 2.24) is 5.32 Å². The number of benzene rings is 3. The van der Waals surface area contributed by atoms with E-state index in [-0.39, 0.29) is 16.9 Å². The number of carbonyl (C=O) groups excluding carboxylic acids is 2. The molecule has 0 radical (unpaired) electrons. The molecule has 0 aliphatic heterocycles. The average molecular weight is 454 g/mol. The molecule has 28 heavy (non-hydrogen) atoms. The fraction of sp³-hybridized carbons (Fsp3) is 0. The summed E-state index contributed by atoms with van der Waals surface area (Å²) in [4.78, 5) is 24.7. The van der Waals surface area contributed by atoms with Crippen LogP contribution in [0.3, 0.4) is 0 Å². The summed E-state index contributed by atoms with van der Waals surface area (Å²) in [6.07, 6.45) is 0. The zero-order chi connectivity index (χ0) is 19.9. The third kappa shape index (κ3) is 5.48. The van der Waals surface area contributed by atoms with E-state index in [0.717, 1.165) is 4.47 Å². The second kappa shape index (κ2) is 9.25. The van der Waals surface area contributed by atoms with E-state index in [1.54, 1.807) is 42.5 Å². The molecule has 7 heteroatoms. The highest BCUT2D eigenvalue weighted by atomic mass is 79.9. The minimum absolute atomic E-state index is 0.144. The van der Waals surface area contributed by atoms with Gasteiger partial charge in [0, 0.05) is 27.0 Å². The van der Waals surface area contributed by atoms with Crippen LogP contribution in [0.5, 0.6) is 0 Å². The van der Waals surface area contributed by atoms with Gasteiger partial charge in [-0.15, -0.1) is 0 Å². The zero-order valence-electron chi connectivity index (χ0n) is 14.6. The first-order chi connectivity index (χ1) is 13.5. The maximum absolute atomic E-state index is 12.4. The molecule has 0 aliphatic rings. The Morgan fingerprint density at radius 1 is 0.714 bits per heavy atom. The van der Waals surface area contributed by atoms with Crippen molar-refractivity contribution in [2.24, 2.45) is 0 Å². The Labute approximate surface area is 176 Å². The first-order valence-corrected chi connectivity index (χ1v) is 9.56. The number of halogens is 1. The van der Waals surface area contributed by atoms with Crippen LogP contribution in [0.15, 0.2) is 83.3 Å². The summed E-state index contributed by atoms with van der Waals surface area (Å²) < 4.78 is 0.802. The number of rotatable bonds is 4. The molecule has 3 rings (SSSR count). The van der Waals surface area contributed by atoms with E-state index in [1.165, 1.54) is 0 Å². The molecular weight excluding hydrogens is 438 g/mol. The summed E-state index contributed by atoms with van der Waals surface area (Å²) in [5.41, 5.74) is 2.26. The Morgan fingerprint density at radius 3 is 2.07 bits per heavy atom. The van der Waals surface area contributed by atoms with Gasteiger partial charge in [-0.1, -0.05) is 46.3 Å². The molecule has 0 unspecified atom stereocenters. The number of thiocarbonyl (C=S) groups is 1. The van der Waals surface area contributed by atoms with Crippen molar-refractivity contribution in [2.75, 3.05) is 10.6 Å². The van der Waals surface area contributed by atoms with Crippen molar-refractivity contribution in [3.05, 3.63) is 94.5 Å². The quantitative estimate of drug-likeness (QED) is 0.494. The maximum Gasteiger partial charge on any atom is 0.257 e. The lowest BCUT2D eigenvalue weighted by molar-refractivity contribution is 0.0976. The van der Waals surface area contributed by atoms with Crippen molar-refractivity contribution in [3.8, 4) is 0 Å². The fourth-order valence-corrected chi connectivity index (χ4v) is 3.04. The summed E-state index contributed by atoms with van der Waals surface area (Å²) in [6, 6.07) is 23.1. The molecule has 2 amide bonds. The minimum atomic E-state index is -0.322. The average Bonchev–Trinajstić information content (AvgIpc) is 2.69. The van der Waals surface area contributed by atoms with Gasteiger partial charge in [0.25, 0.3) is 11.8 Å². The van der Waals surface area contributed by atoms with Crippen LogP contribution in [-0.4, -0.2) is 16.9 Å². The molecule has 0 atom stereocenters. The summed E-state index contributed by atoms with van der Waals surface area (Å²) in [5.74, 6) is -0.560. The van der Waals surface area contributed by atoms with Crippen LogP contribution >= 0.6 is 28.1 Å². The molecule has 0 aromatic heterocycles. The molecular formula is C21H16BrN3O2S. The van der Waals surface area contributed by atoms with E-state index >= 15 is 0 Å². The number of carbonyl (C=O) groups is 2. The molecule has 3 aromatic rings. The highest BCUT2D eigenvalue weighted by molar-refractivity contribution is 9.10. The molecule has 5 nitrogen and oxygen atoms in total. The highest BCUT2D eigenvalue weighted by Gasteiger charge is 2.10. The summed E-state index contributed by atoms with van der Waals surface area (Å²) >= 11 is 8.53. The van der Waals surface area contributed by atoms with E-state index in [0.29, 0.717) is 22.5 Å². The van der Waals surface area contributed by atoms with Gasteiger partial charge in [-0.05, 0) is 60.7 Å². The molecule has 3 N–H and O–H groups in total. The predicted molar refractivity (Wildman–Crippen MR) is 119 cm³/mol. The second-order valence-electron chi connectivity index (χ2n) is 5.82. The number of para-hydroxylation sites is 1. The fourth-order valence-electron chi connectivity index (χ4n) is 2.43. The Balaban J connectivity index is 1.63. The van der Waals surface area contributed by atoms with Gasteiger partial charge in [0.1, 0.15) is 0 Å². The van der Waals surface area contributed by atoms with Gasteiger partial charge in [0.05, 0.1) is 0 Å². The van der Waals surface area contributed by atoms with Crippen LogP contribution in [0.1, 0.15) is 20.7 Å². The molecule has 0 fully saturated rings. The monoisotopic (exact) mass is 453 g/mol. The van der Waals surface area contributed by atoms with E-state index in [2.05, 4.69) is 31.9 Å². The normalized spacial score (nSPS) is 10.0. The van der Waals surface area contributed by atoms with E-state index in [9.17, 15) is 9.59 Å². The van der Waals surface area contributed by atoms with Crippen molar-refractivity contribution in [2.45, 2.75) is 0 Å². The van der Waals surface area contributed by atoms with Crippen LogP contribution in [0.4, 0.5) is 11.4 Å². The molecule has 140 valence electrons. The topological polar surface area (TPSA) is 70.2 Å². The number of anilines is 2. The third-order valence-electron chi connectivity index (χ3n) is 3.73. The molecule has 0 saturated carbocycles. The van der Waals surface area contributed by atoms with Crippen LogP contribution in [0.25, 0.3) is 0 Å². The van der Waals surface area contributed by atoms with Crippen molar-refractivity contribution >= 4 is 56.4 Å². The lowest BCUT2D eigenvalue weighted by atomic mass is 10.2. The van der Waals surface area contributed by atoms with Crippen LogP contribution in [-0.2, 0) is 0 Å². The molecule has 0 saturated heterocycles. The molecule has 3 aromatic carbocycles. The van der Waals surface area contributed by atoms with Gasteiger partial charge in [0.15, 0.2) is 5.11 Å². The van der Waals surface area contributed by atoms with E-state index < -0.39 is 0 Å². The van der Waals surface area contributed by atoms with Crippen molar-refractivity contribution in [3.63, 3.8) is 0 Å². The second-order valence-corrected chi connectivity index (χ2v) is 7.14. The van der Waals surface area contributed by atoms with Gasteiger partial charge < -0.3 is 10.6 Å². The molecule has 0 heterocycles. The molecule has 0 aliphatic carbocycles. The standard InChI is InChI=1S/C21H16BrN3O2S/c22-16-8-4-6-14(12-16)20(27)25-21(28)24-18-11-5-7-15(13-18)19(26)23-17-9-2-1-3-10-17/h1-13H,(H,23,26)(H2,24,25,27,28). The molecule has 0 bridgehead atoms. The van der Waals surface area contributed by atoms with Crippen molar-refractivity contribution in [1.29, 1.82) is 0 Å². The predicted octanol–water partition coefficient (Wildman–Crippen LogP) is 4.83. The zero-order valence-corrected chi connectivity index (χ0v) is 17.0. The van der Waals surface area contributed by atoms with Crippen LogP contribution in [0, 0.1) is 0 Å². The first kappa shape index (κ1) is 19.7. The molecule has 0 spiro atoms. The van der Waals surface area contributed by atoms with Gasteiger partial charge in [-0.2, -0.15) is 0 Å². The van der Waals surface area contributed by atoms with Gasteiger partial charge in [0.2, 0.25) is 0 Å². The van der Waals surface area contributed by atoms with Crippen molar-refractivity contribution < 1.29 is 9.59 Å². The van der Waals surface area contributed by atoms with Gasteiger partial charge in [-0.25, -0.2) is 0 Å². The lowest BCUT2D eigenvalue weighted by Crippen LogP contribution is -2.34. The van der Waals surface area contributed by atoms with Crippen LogP contribution in [0.2, 0.25) is 0 Å². The third-order valence-corrected chi connectivity index (χ3v) is 4.43. The van der Waals surface area contributed by atoms with Gasteiger partial charge in [-0.3, -0.25) is 14.9 Å². The maximum atomic E-state index is 12.4. The first-order valence-electron chi connectivity index (χ1n) is 8.35. The van der Waals surface area contributed by atoms with Gasteiger partial charge >= 0.3 is 0 Å². The lowest BCUT2D eigenvalue weighted by Gasteiger charge is -2.11.